The molecule has 0 radical (unpaired) electrons. The predicted octanol–water partition coefficient (Wildman–Crippen LogP) is -10.1. The van der Waals surface area contributed by atoms with Gasteiger partial charge in [0.25, 0.3) is 0 Å². The van der Waals surface area contributed by atoms with E-state index in [0.29, 0.717) is 31.2 Å². The monoisotopic (exact) mass is 674 g/mol. The average molecular weight is 675 g/mol. The molecule has 0 spiro atoms. The minimum atomic E-state index is -1.71. The molecular formula is C29H40Na2O15. The molecule has 0 unspecified atom stereocenters. The van der Waals surface area contributed by atoms with E-state index in [1.165, 1.54) is 0 Å². The summed E-state index contributed by atoms with van der Waals surface area (Å²) in [6.07, 6.45) is -17.1. The molecule has 1 aromatic rings. The van der Waals surface area contributed by atoms with Gasteiger partial charge in [-0.2, -0.15) is 0 Å². The van der Waals surface area contributed by atoms with Gasteiger partial charge >= 0.3 is 59.1 Å². The second-order valence-corrected chi connectivity index (χ2v) is 11.4. The summed E-state index contributed by atoms with van der Waals surface area (Å²) in [5.41, 5.74) is 0.609. The van der Waals surface area contributed by atoms with Crippen LogP contribution in [0.4, 0.5) is 0 Å². The minimum absolute atomic E-state index is 0. The Morgan fingerprint density at radius 3 is 1.91 bits per heavy atom. The van der Waals surface area contributed by atoms with Crippen molar-refractivity contribution < 1.29 is 133 Å². The standard InChI is InChI=1S/C29H42O15.2Na/c30-13-19-22(34)26(40-18(27(38)39)12-14-6-2-1-3-7-14)25(37)29(44-19)42-16-9-5-4-8-15(16)41-28-24(36)23(35)21(33)17(43-28)10-11-20(31)32;;/h1-3,6-7,15-19,21-26,28-30,33-37H,4-5,8-13H2,(H,31,32)(H,38,39);;/q;2*+1/p-2/t15-,16-,17+,18+,19+,21-,22+,23+,24+,25+,26+,28-,29-;;/m1../s1. The van der Waals surface area contributed by atoms with Crippen molar-refractivity contribution in [3.8, 4) is 0 Å². The van der Waals surface area contributed by atoms with E-state index in [4.69, 9.17) is 23.7 Å². The number of rotatable bonds is 13. The Labute approximate surface area is 310 Å². The molecule has 1 aromatic carbocycles. The number of carbonyl (C=O) groups is 2. The van der Waals surface area contributed by atoms with Crippen molar-refractivity contribution >= 4 is 11.9 Å². The van der Waals surface area contributed by atoms with Gasteiger partial charge in [0.2, 0.25) is 0 Å². The fraction of sp³-hybridized carbons (Fsp3) is 0.724. The van der Waals surface area contributed by atoms with Crippen LogP contribution in [0.5, 0.6) is 0 Å². The van der Waals surface area contributed by atoms with E-state index in [1.54, 1.807) is 30.3 Å². The second-order valence-electron chi connectivity index (χ2n) is 11.4. The van der Waals surface area contributed by atoms with E-state index in [-0.39, 0.29) is 72.0 Å². The first-order chi connectivity index (χ1) is 21.0. The van der Waals surface area contributed by atoms with Crippen LogP contribution < -0.4 is 69.3 Å². The van der Waals surface area contributed by atoms with Crippen LogP contribution in [-0.4, -0.2) is 129 Å². The molecule has 1 aliphatic carbocycles. The summed E-state index contributed by atoms with van der Waals surface area (Å²) < 4.78 is 28.9. The fourth-order valence-electron chi connectivity index (χ4n) is 5.78. The summed E-state index contributed by atoms with van der Waals surface area (Å²) in [6.45, 7) is -0.706. The molecule has 1 saturated carbocycles. The Morgan fingerprint density at radius 1 is 0.804 bits per heavy atom. The zero-order valence-corrected chi connectivity index (χ0v) is 29.9. The first-order valence-electron chi connectivity index (χ1n) is 14.7. The molecule has 2 heterocycles. The van der Waals surface area contributed by atoms with Crippen LogP contribution in [0.2, 0.25) is 0 Å². The molecule has 13 atom stereocenters. The molecule has 4 rings (SSSR count). The summed E-state index contributed by atoms with van der Waals surface area (Å²) in [5, 5.41) is 85.7. The number of carboxylic acid groups (broad SMARTS) is 2. The SMILES string of the molecule is O=C([O-])CC[C@@H]1O[C@@H](O[C@@H]2CCCC[C@H]2O[C@@H]2O[C@@H](CO)[C@H](O)[C@H](O[C@@H](Cc3ccccc3)C(=O)[O-])[C@@H]2O)[C@@H](O)[C@@H](O)[C@@H]1O.[Na+].[Na+]. The Kier molecular flexibility index (Phi) is 18.0. The summed E-state index contributed by atoms with van der Waals surface area (Å²) in [5.74, 6) is -2.96. The number of aliphatic hydroxyl groups is 6. The van der Waals surface area contributed by atoms with E-state index in [2.05, 4.69) is 0 Å². The van der Waals surface area contributed by atoms with Gasteiger partial charge < -0.3 is 74.1 Å². The van der Waals surface area contributed by atoms with Gasteiger partial charge in [-0.25, -0.2) is 0 Å². The molecule has 6 N–H and O–H groups in total. The number of benzene rings is 1. The van der Waals surface area contributed by atoms with Gasteiger partial charge in [0.05, 0.1) is 30.9 Å². The number of aliphatic hydroxyl groups excluding tert-OH is 6. The summed E-state index contributed by atoms with van der Waals surface area (Å²) >= 11 is 0. The molecule has 0 aromatic heterocycles. The average Bonchev–Trinajstić information content (AvgIpc) is 3.00. The van der Waals surface area contributed by atoms with Crippen LogP contribution in [0.25, 0.3) is 0 Å². The minimum Gasteiger partial charge on any atom is -0.550 e. The van der Waals surface area contributed by atoms with Crippen LogP contribution in [-0.2, 0) is 39.7 Å². The number of ether oxygens (including phenoxy) is 5. The van der Waals surface area contributed by atoms with Gasteiger partial charge in [-0.05, 0) is 31.2 Å². The normalized spacial score (nSPS) is 36.9. The van der Waals surface area contributed by atoms with E-state index < -0.39 is 105 Å². The van der Waals surface area contributed by atoms with Crippen LogP contribution in [0.15, 0.2) is 30.3 Å². The van der Waals surface area contributed by atoms with Gasteiger partial charge in [0, 0.05) is 12.4 Å². The van der Waals surface area contributed by atoms with Crippen molar-refractivity contribution in [2.45, 2.75) is 125 Å². The summed E-state index contributed by atoms with van der Waals surface area (Å²) in [6, 6.07) is 8.53. The molecule has 2 aliphatic heterocycles. The summed E-state index contributed by atoms with van der Waals surface area (Å²) in [4.78, 5) is 22.8. The van der Waals surface area contributed by atoms with Crippen molar-refractivity contribution in [2.75, 3.05) is 6.61 Å². The van der Waals surface area contributed by atoms with E-state index in [1.807, 2.05) is 0 Å². The third-order valence-corrected chi connectivity index (χ3v) is 8.23. The largest absolute Gasteiger partial charge is 1.00 e. The van der Waals surface area contributed by atoms with Gasteiger partial charge in [-0.15, -0.1) is 0 Å². The molecule has 2 saturated heterocycles. The molecule has 3 fully saturated rings. The maximum atomic E-state index is 11.9. The van der Waals surface area contributed by atoms with Crippen molar-refractivity contribution in [3.05, 3.63) is 35.9 Å². The molecular weight excluding hydrogens is 634 g/mol. The van der Waals surface area contributed by atoms with Gasteiger partial charge in [-0.1, -0.05) is 43.2 Å². The number of aliphatic carboxylic acids is 2. The van der Waals surface area contributed by atoms with Crippen LogP contribution in [0.1, 0.15) is 44.1 Å². The van der Waals surface area contributed by atoms with Crippen molar-refractivity contribution in [1.29, 1.82) is 0 Å². The number of carbonyl (C=O) groups excluding carboxylic acids is 2. The Bertz CT molecular complexity index is 1070. The van der Waals surface area contributed by atoms with Crippen LogP contribution >= 0.6 is 0 Å². The van der Waals surface area contributed by atoms with Crippen molar-refractivity contribution in [1.82, 2.24) is 0 Å². The third kappa shape index (κ3) is 10.9. The first kappa shape index (κ1) is 41.9. The Balaban J connectivity index is 0.00000368. The summed E-state index contributed by atoms with van der Waals surface area (Å²) in [7, 11) is 0. The molecule has 0 bridgehead atoms. The maximum Gasteiger partial charge on any atom is 1.00 e. The first-order valence-corrected chi connectivity index (χ1v) is 14.7. The number of hydrogen-bond donors (Lipinski definition) is 6. The molecule has 0 amide bonds. The van der Waals surface area contributed by atoms with Crippen LogP contribution in [0.3, 0.4) is 0 Å². The number of hydrogen-bond acceptors (Lipinski definition) is 15. The molecule has 46 heavy (non-hydrogen) atoms. The zero-order valence-electron chi connectivity index (χ0n) is 25.9. The van der Waals surface area contributed by atoms with Gasteiger partial charge in [-0.3, -0.25) is 0 Å². The maximum absolute atomic E-state index is 11.9. The zero-order chi connectivity index (χ0) is 32.0. The van der Waals surface area contributed by atoms with E-state index in [0.717, 1.165) is 0 Å². The van der Waals surface area contributed by atoms with E-state index >= 15 is 0 Å². The Morgan fingerprint density at radius 2 is 1.37 bits per heavy atom. The fourth-order valence-corrected chi connectivity index (χ4v) is 5.78. The van der Waals surface area contributed by atoms with E-state index in [9.17, 15) is 50.4 Å². The predicted molar refractivity (Wildman–Crippen MR) is 141 cm³/mol. The quantitative estimate of drug-likeness (QED) is 0.106. The molecule has 248 valence electrons. The Hall–Kier alpha value is -0.280. The third-order valence-electron chi connectivity index (χ3n) is 8.23. The van der Waals surface area contributed by atoms with Crippen molar-refractivity contribution in [2.24, 2.45) is 0 Å². The van der Waals surface area contributed by atoms with Gasteiger partial charge in [0.15, 0.2) is 12.6 Å². The van der Waals surface area contributed by atoms with Gasteiger partial charge in [0.1, 0.15) is 48.8 Å². The second kappa shape index (κ2) is 19.8. The molecule has 3 aliphatic rings. The van der Waals surface area contributed by atoms with Crippen molar-refractivity contribution in [3.63, 3.8) is 0 Å². The van der Waals surface area contributed by atoms with Crippen LogP contribution in [0, 0.1) is 0 Å². The molecule has 17 heteroatoms. The molecule has 15 nitrogen and oxygen atoms in total. The number of carboxylic acids is 2. The topological polar surface area (TPSA) is 248 Å². The smallest absolute Gasteiger partial charge is 0.550 e.